The summed E-state index contributed by atoms with van der Waals surface area (Å²) < 4.78 is 27.4. The van der Waals surface area contributed by atoms with Crippen molar-refractivity contribution in [2.24, 2.45) is 0 Å². The van der Waals surface area contributed by atoms with Gasteiger partial charge in [-0.15, -0.1) is 11.3 Å². The number of sulfonamides is 1. The molecule has 2 aliphatic heterocycles. The Hall–Kier alpha value is -0.430. The topological polar surface area (TPSA) is 49.4 Å². The summed E-state index contributed by atoms with van der Waals surface area (Å²) in [5.41, 5.74) is 0. The lowest BCUT2D eigenvalue weighted by Gasteiger charge is -2.26. The fourth-order valence-corrected chi connectivity index (χ4v) is 5.84. The minimum absolute atomic E-state index is 0.148. The second-order valence-corrected chi connectivity index (χ2v) is 7.66. The van der Waals surface area contributed by atoms with Crippen LogP contribution in [0.2, 0.25) is 0 Å². The monoisotopic (exact) mass is 272 g/mol. The summed E-state index contributed by atoms with van der Waals surface area (Å²) in [4.78, 5) is 0. The van der Waals surface area contributed by atoms with Crippen LogP contribution < -0.4 is 5.32 Å². The van der Waals surface area contributed by atoms with E-state index in [-0.39, 0.29) is 12.1 Å². The molecule has 1 N–H and O–H groups in total. The molecule has 0 aromatic carbocycles. The third kappa shape index (κ3) is 1.93. The fraction of sp³-hybridized carbons (Fsp3) is 0.636. The minimum Gasteiger partial charge on any atom is -0.315 e. The lowest BCUT2D eigenvalue weighted by atomic mass is 10.1. The van der Waals surface area contributed by atoms with E-state index in [4.69, 9.17) is 0 Å². The Labute approximate surface area is 106 Å². The number of rotatable bonds is 2. The van der Waals surface area contributed by atoms with E-state index in [1.165, 1.54) is 11.3 Å². The van der Waals surface area contributed by atoms with Gasteiger partial charge in [0.1, 0.15) is 4.21 Å². The second-order valence-electron chi connectivity index (χ2n) is 4.64. The molecule has 1 aromatic heterocycles. The van der Waals surface area contributed by atoms with Gasteiger partial charge >= 0.3 is 0 Å². The van der Waals surface area contributed by atoms with Crippen LogP contribution in [0.4, 0.5) is 0 Å². The highest BCUT2D eigenvalue weighted by Gasteiger charge is 2.43. The number of hydrogen-bond acceptors (Lipinski definition) is 4. The van der Waals surface area contributed by atoms with Gasteiger partial charge in [0.15, 0.2) is 0 Å². The van der Waals surface area contributed by atoms with E-state index in [1.807, 2.05) is 5.38 Å². The summed E-state index contributed by atoms with van der Waals surface area (Å²) in [6.45, 7) is 1.72. The van der Waals surface area contributed by atoms with Crippen LogP contribution in [0.3, 0.4) is 0 Å². The van der Waals surface area contributed by atoms with Crippen LogP contribution in [0.15, 0.2) is 21.7 Å². The van der Waals surface area contributed by atoms with E-state index in [0.717, 1.165) is 32.4 Å². The molecular formula is C11H16N2O2S2. The summed E-state index contributed by atoms with van der Waals surface area (Å²) in [6.07, 6.45) is 2.93. The van der Waals surface area contributed by atoms with Crippen LogP contribution >= 0.6 is 11.3 Å². The summed E-state index contributed by atoms with van der Waals surface area (Å²) in [5, 5.41) is 5.15. The molecule has 1 aromatic rings. The molecule has 2 fully saturated rings. The molecule has 17 heavy (non-hydrogen) atoms. The van der Waals surface area contributed by atoms with Gasteiger partial charge < -0.3 is 5.32 Å². The zero-order valence-electron chi connectivity index (χ0n) is 9.50. The van der Waals surface area contributed by atoms with Gasteiger partial charge in [-0.05, 0) is 37.3 Å². The first-order chi connectivity index (χ1) is 8.19. The van der Waals surface area contributed by atoms with Crippen molar-refractivity contribution in [2.75, 3.05) is 13.1 Å². The van der Waals surface area contributed by atoms with Crippen molar-refractivity contribution in [3.63, 3.8) is 0 Å². The Morgan fingerprint density at radius 3 is 2.88 bits per heavy atom. The van der Waals surface area contributed by atoms with Crippen LogP contribution in [0.1, 0.15) is 19.3 Å². The zero-order valence-corrected chi connectivity index (χ0v) is 11.1. The standard InChI is InChI=1S/C11H16N2O2S2/c14-17(15,11-2-1-7-16-11)13-9-3-4-10(13)8-12-6-5-9/h1-2,7,9-10,12H,3-6,8H2. The Bertz CT molecular complexity index is 470. The van der Waals surface area contributed by atoms with Gasteiger partial charge in [0.2, 0.25) is 0 Å². The SMILES string of the molecule is O=S(=O)(c1cccs1)N1C2CCNCC1CC2. The van der Waals surface area contributed by atoms with Gasteiger partial charge in [-0.1, -0.05) is 6.07 Å². The molecule has 2 aliphatic rings. The van der Waals surface area contributed by atoms with Crippen molar-refractivity contribution in [1.82, 2.24) is 9.62 Å². The molecule has 2 atom stereocenters. The highest BCUT2D eigenvalue weighted by atomic mass is 32.2. The van der Waals surface area contributed by atoms with Gasteiger partial charge in [-0.25, -0.2) is 8.42 Å². The first-order valence-electron chi connectivity index (χ1n) is 5.97. The maximum absolute atomic E-state index is 12.6. The molecule has 4 nitrogen and oxygen atoms in total. The predicted octanol–water partition coefficient (Wildman–Crippen LogP) is 1.26. The Balaban J connectivity index is 1.98. The quantitative estimate of drug-likeness (QED) is 0.882. The molecule has 2 bridgehead atoms. The number of hydrogen-bond donors (Lipinski definition) is 1. The molecule has 0 radical (unpaired) electrons. The van der Waals surface area contributed by atoms with Gasteiger partial charge in [-0.3, -0.25) is 0 Å². The Morgan fingerprint density at radius 1 is 1.29 bits per heavy atom. The molecular weight excluding hydrogens is 256 g/mol. The molecule has 6 heteroatoms. The van der Waals surface area contributed by atoms with Crippen LogP contribution in [0.25, 0.3) is 0 Å². The summed E-state index contributed by atoms with van der Waals surface area (Å²) >= 11 is 1.31. The highest BCUT2D eigenvalue weighted by molar-refractivity contribution is 7.91. The first-order valence-corrected chi connectivity index (χ1v) is 8.29. The highest BCUT2D eigenvalue weighted by Crippen LogP contribution is 2.34. The van der Waals surface area contributed by atoms with E-state index in [9.17, 15) is 8.42 Å². The average molecular weight is 272 g/mol. The van der Waals surface area contributed by atoms with E-state index >= 15 is 0 Å². The smallest absolute Gasteiger partial charge is 0.253 e. The van der Waals surface area contributed by atoms with Crippen molar-refractivity contribution in [2.45, 2.75) is 35.6 Å². The van der Waals surface area contributed by atoms with Crippen LogP contribution in [0.5, 0.6) is 0 Å². The number of thiophene rings is 1. The molecule has 0 aliphatic carbocycles. The Morgan fingerprint density at radius 2 is 2.12 bits per heavy atom. The molecule has 0 saturated carbocycles. The summed E-state index contributed by atoms with van der Waals surface area (Å²) in [6, 6.07) is 3.85. The van der Waals surface area contributed by atoms with Gasteiger partial charge in [0.05, 0.1) is 0 Å². The third-order valence-electron chi connectivity index (χ3n) is 3.61. The summed E-state index contributed by atoms with van der Waals surface area (Å²) in [5.74, 6) is 0. The van der Waals surface area contributed by atoms with E-state index in [2.05, 4.69) is 5.32 Å². The number of nitrogens with zero attached hydrogens (tertiary/aromatic N) is 1. The van der Waals surface area contributed by atoms with Crippen molar-refractivity contribution in [3.05, 3.63) is 17.5 Å². The maximum atomic E-state index is 12.6. The molecule has 3 rings (SSSR count). The fourth-order valence-electron chi connectivity index (χ4n) is 2.85. The lowest BCUT2D eigenvalue weighted by Crippen LogP contribution is -2.42. The van der Waals surface area contributed by atoms with Gasteiger partial charge in [0.25, 0.3) is 10.0 Å². The maximum Gasteiger partial charge on any atom is 0.253 e. The van der Waals surface area contributed by atoms with Crippen LogP contribution in [-0.2, 0) is 10.0 Å². The van der Waals surface area contributed by atoms with Gasteiger partial charge in [0, 0.05) is 18.6 Å². The van der Waals surface area contributed by atoms with Crippen molar-refractivity contribution in [3.8, 4) is 0 Å². The zero-order chi connectivity index (χ0) is 11.9. The Kier molecular flexibility index (Phi) is 2.98. The van der Waals surface area contributed by atoms with Gasteiger partial charge in [-0.2, -0.15) is 4.31 Å². The number of fused-ring (bicyclic) bond motifs is 2. The molecule has 3 heterocycles. The van der Waals surface area contributed by atoms with Crippen LogP contribution in [0, 0.1) is 0 Å². The van der Waals surface area contributed by atoms with E-state index in [1.54, 1.807) is 16.4 Å². The minimum atomic E-state index is -3.27. The average Bonchev–Trinajstić information content (AvgIpc) is 2.85. The largest absolute Gasteiger partial charge is 0.315 e. The molecule has 2 unspecified atom stereocenters. The normalized spacial score (nSPS) is 30.4. The number of nitrogens with one attached hydrogen (secondary N) is 1. The molecule has 0 amide bonds. The third-order valence-corrected chi connectivity index (χ3v) is 6.99. The van der Waals surface area contributed by atoms with Crippen molar-refractivity contribution >= 4 is 21.4 Å². The molecule has 0 spiro atoms. The predicted molar refractivity (Wildman–Crippen MR) is 67.6 cm³/mol. The van der Waals surface area contributed by atoms with Crippen LogP contribution in [-0.4, -0.2) is 37.9 Å². The van der Waals surface area contributed by atoms with E-state index < -0.39 is 10.0 Å². The second kappa shape index (κ2) is 4.35. The summed E-state index contributed by atoms with van der Waals surface area (Å²) in [7, 11) is -3.27. The molecule has 94 valence electrons. The van der Waals surface area contributed by atoms with Crippen molar-refractivity contribution < 1.29 is 8.42 Å². The molecule has 2 saturated heterocycles. The lowest BCUT2D eigenvalue weighted by molar-refractivity contribution is 0.335. The first kappa shape index (κ1) is 11.6. The van der Waals surface area contributed by atoms with E-state index in [0.29, 0.717) is 4.21 Å². The van der Waals surface area contributed by atoms with Crippen molar-refractivity contribution in [1.29, 1.82) is 0 Å².